The van der Waals surface area contributed by atoms with Gasteiger partial charge in [0.05, 0.1) is 6.04 Å². The molecule has 0 aliphatic heterocycles. The molecule has 68 valence electrons. The van der Waals surface area contributed by atoms with Gasteiger partial charge in [-0.2, -0.15) is 0 Å². The maximum Gasteiger partial charge on any atom is 0.123 e. The number of aromatic amines is 1. The van der Waals surface area contributed by atoms with E-state index in [0.29, 0.717) is 6.04 Å². The van der Waals surface area contributed by atoms with Crippen LogP contribution in [0.2, 0.25) is 0 Å². The molecule has 0 amide bonds. The van der Waals surface area contributed by atoms with Crippen molar-refractivity contribution in [3.05, 3.63) is 18.2 Å². The molecule has 1 atom stereocenters. The number of nitrogens with one attached hydrogen (secondary N) is 2. The highest BCUT2D eigenvalue weighted by Crippen LogP contribution is 2.14. The topological polar surface area (TPSA) is 40.7 Å². The highest BCUT2D eigenvalue weighted by atomic mass is 15.0. The third-order valence-corrected chi connectivity index (χ3v) is 2.04. The number of H-pyrrole nitrogens is 1. The summed E-state index contributed by atoms with van der Waals surface area (Å²) >= 11 is 0. The summed E-state index contributed by atoms with van der Waals surface area (Å²) in [5, 5.41) is 3.25. The Morgan fingerprint density at radius 1 is 1.67 bits per heavy atom. The minimum atomic E-state index is 0.389. The maximum absolute atomic E-state index is 4.22. The molecule has 1 heterocycles. The Kier molecular flexibility index (Phi) is 3.80. The lowest BCUT2D eigenvalue weighted by atomic mass is 10.1. The standard InChI is InChI=1S/C9H17N3/c1-3-4-5-8(10-2)9-11-6-7-12-9/h6-8,10H,3-5H2,1-2H3,(H,11,12)/t8-/m1/s1. The fourth-order valence-corrected chi connectivity index (χ4v) is 1.29. The minimum absolute atomic E-state index is 0.389. The predicted molar refractivity (Wildman–Crippen MR) is 49.9 cm³/mol. The first-order valence-corrected chi connectivity index (χ1v) is 4.55. The lowest BCUT2D eigenvalue weighted by molar-refractivity contribution is 0.502. The number of hydrogen-bond donors (Lipinski definition) is 2. The number of hydrogen-bond acceptors (Lipinski definition) is 2. The molecule has 1 aromatic rings. The van der Waals surface area contributed by atoms with Gasteiger partial charge in [0.25, 0.3) is 0 Å². The smallest absolute Gasteiger partial charge is 0.123 e. The molecule has 0 saturated heterocycles. The van der Waals surface area contributed by atoms with Crippen molar-refractivity contribution in [2.45, 2.75) is 32.2 Å². The van der Waals surface area contributed by atoms with Crippen molar-refractivity contribution in [3.63, 3.8) is 0 Å². The summed E-state index contributed by atoms with van der Waals surface area (Å²) in [5.41, 5.74) is 0. The Balaban J connectivity index is 2.45. The van der Waals surface area contributed by atoms with Crippen molar-refractivity contribution < 1.29 is 0 Å². The summed E-state index contributed by atoms with van der Waals surface area (Å²) in [6, 6.07) is 0.389. The van der Waals surface area contributed by atoms with Crippen molar-refractivity contribution in [1.82, 2.24) is 15.3 Å². The Morgan fingerprint density at radius 3 is 3.00 bits per heavy atom. The molecule has 0 spiro atoms. The van der Waals surface area contributed by atoms with Crippen LogP contribution in [-0.2, 0) is 0 Å². The van der Waals surface area contributed by atoms with E-state index in [-0.39, 0.29) is 0 Å². The van der Waals surface area contributed by atoms with Gasteiger partial charge in [-0.25, -0.2) is 4.98 Å². The Morgan fingerprint density at radius 2 is 2.50 bits per heavy atom. The van der Waals surface area contributed by atoms with Crippen molar-refractivity contribution in [2.24, 2.45) is 0 Å². The molecule has 0 aliphatic carbocycles. The van der Waals surface area contributed by atoms with Gasteiger partial charge in [-0.15, -0.1) is 0 Å². The zero-order valence-corrected chi connectivity index (χ0v) is 7.80. The molecule has 0 aromatic carbocycles. The molecule has 0 bridgehead atoms. The lowest BCUT2D eigenvalue weighted by Gasteiger charge is -2.12. The zero-order valence-electron chi connectivity index (χ0n) is 7.80. The van der Waals surface area contributed by atoms with Crippen molar-refractivity contribution in [2.75, 3.05) is 7.05 Å². The number of nitrogens with zero attached hydrogens (tertiary/aromatic N) is 1. The summed E-state index contributed by atoms with van der Waals surface area (Å²) in [6.45, 7) is 2.20. The van der Waals surface area contributed by atoms with Crippen LogP contribution in [0, 0.1) is 0 Å². The van der Waals surface area contributed by atoms with Crippen LogP contribution < -0.4 is 5.32 Å². The van der Waals surface area contributed by atoms with E-state index >= 15 is 0 Å². The van der Waals surface area contributed by atoms with Crippen LogP contribution >= 0.6 is 0 Å². The Hall–Kier alpha value is -0.830. The van der Waals surface area contributed by atoms with Crippen LogP contribution in [0.5, 0.6) is 0 Å². The van der Waals surface area contributed by atoms with Gasteiger partial charge < -0.3 is 10.3 Å². The fourth-order valence-electron chi connectivity index (χ4n) is 1.29. The molecule has 0 aliphatic rings. The molecule has 3 nitrogen and oxygen atoms in total. The van der Waals surface area contributed by atoms with Crippen LogP contribution in [0.1, 0.15) is 38.1 Å². The average Bonchev–Trinajstić information content (AvgIpc) is 2.59. The monoisotopic (exact) mass is 167 g/mol. The molecule has 0 fully saturated rings. The number of rotatable bonds is 5. The van der Waals surface area contributed by atoms with Gasteiger partial charge in [0.15, 0.2) is 0 Å². The first-order chi connectivity index (χ1) is 5.88. The fraction of sp³-hybridized carbons (Fsp3) is 0.667. The van der Waals surface area contributed by atoms with E-state index < -0.39 is 0 Å². The maximum atomic E-state index is 4.22. The normalized spacial score (nSPS) is 13.2. The molecule has 1 rings (SSSR count). The summed E-state index contributed by atoms with van der Waals surface area (Å²) in [5.74, 6) is 1.05. The molecule has 3 heteroatoms. The quantitative estimate of drug-likeness (QED) is 0.702. The van der Waals surface area contributed by atoms with Crippen LogP contribution in [0.15, 0.2) is 12.4 Å². The van der Waals surface area contributed by atoms with E-state index in [1.807, 2.05) is 13.2 Å². The predicted octanol–water partition coefficient (Wildman–Crippen LogP) is 1.86. The van der Waals surface area contributed by atoms with E-state index in [9.17, 15) is 0 Å². The van der Waals surface area contributed by atoms with Crippen molar-refractivity contribution in [1.29, 1.82) is 0 Å². The SMILES string of the molecule is CCCC[C@@H](NC)c1ncc[nH]1. The van der Waals surface area contributed by atoms with Gasteiger partial charge in [0, 0.05) is 12.4 Å². The van der Waals surface area contributed by atoms with Crippen molar-refractivity contribution >= 4 is 0 Å². The molecule has 0 unspecified atom stereocenters. The third-order valence-electron chi connectivity index (χ3n) is 2.04. The molecule has 12 heavy (non-hydrogen) atoms. The Labute approximate surface area is 73.6 Å². The summed E-state index contributed by atoms with van der Waals surface area (Å²) < 4.78 is 0. The summed E-state index contributed by atoms with van der Waals surface area (Å²) in [6.07, 6.45) is 7.29. The van der Waals surface area contributed by atoms with Gasteiger partial charge in [0.1, 0.15) is 5.82 Å². The molecule has 0 saturated carbocycles. The third kappa shape index (κ3) is 2.34. The van der Waals surface area contributed by atoms with Crippen LogP contribution in [0.4, 0.5) is 0 Å². The lowest BCUT2D eigenvalue weighted by Crippen LogP contribution is -2.17. The summed E-state index contributed by atoms with van der Waals surface area (Å²) in [7, 11) is 1.98. The van der Waals surface area contributed by atoms with E-state index in [1.54, 1.807) is 6.20 Å². The molecule has 2 N–H and O–H groups in total. The van der Waals surface area contributed by atoms with Crippen LogP contribution in [-0.4, -0.2) is 17.0 Å². The second kappa shape index (κ2) is 4.93. The van der Waals surface area contributed by atoms with E-state index in [0.717, 1.165) is 12.2 Å². The number of aromatic nitrogens is 2. The zero-order chi connectivity index (χ0) is 8.81. The largest absolute Gasteiger partial charge is 0.347 e. The Bertz CT molecular complexity index is 194. The number of imidazole rings is 1. The first kappa shape index (κ1) is 9.26. The second-order valence-corrected chi connectivity index (χ2v) is 2.96. The van der Waals surface area contributed by atoms with Gasteiger partial charge in [-0.1, -0.05) is 19.8 Å². The van der Waals surface area contributed by atoms with Crippen LogP contribution in [0.25, 0.3) is 0 Å². The second-order valence-electron chi connectivity index (χ2n) is 2.96. The molecule has 1 aromatic heterocycles. The molecular weight excluding hydrogens is 150 g/mol. The highest BCUT2D eigenvalue weighted by Gasteiger charge is 2.09. The first-order valence-electron chi connectivity index (χ1n) is 4.55. The van der Waals surface area contributed by atoms with Crippen LogP contribution in [0.3, 0.4) is 0 Å². The van der Waals surface area contributed by atoms with Gasteiger partial charge in [-0.05, 0) is 13.5 Å². The highest BCUT2D eigenvalue weighted by molar-refractivity contribution is 4.94. The summed E-state index contributed by atoms with van der Waals surface area (Å²) in [4.78, 5) is 7.35. The van der Waals surface area contributed by atoms with Gasteiger partial charge >= 0.3 is 0 Å². The molecular formula is C9H17N3. The number of unbranched alkanes of at least 4 members (excludes halogenated alkanes) is 1. The van der Waals surface area contributed by atoms with Crippen molar-refractivity contribution in [3.8, 4) is 0 Å². The van der Waals surface area contributed by atoms with E-state index in [1.165, 1.54) is 12.8 Å². The van der Waals surface area contributed by atoms with E-state index in [4.69, 9.17) is 0 Å². The molecule has 0 radical (unpaired) electrons. The van der Waals surface area contributed by atoms with Gasteiger partial charge in [0.2, 0.25) is 0 Å². The van der Waals surface area contributed by atoms with E-state index in [2.05, 4.69) is 22.2 Å². The minimum Gasteiger partial charge on any atom is -0.347 e. The van der Waals surface area contributed by atoms with Gasteiger partial charge in [-0.3, -0.25) is 0 Å². The average molecular weight is 167 g/mol.